The normalized spacial score (nSPS) is 19.2. The van der Waals surface area contributed by atoms with Gasteiger partial charge in [0.25, 0.3) is 0 Å². The van der Waals surface area contributed by atoms with Gasteiger partial charge in [-0.3, -0.25) is 14.9 Å². The third-order valence-corrected chi connectivity index (χ3v) is 6.47. The number of rotatable bonds is 3. The average molecular weight is 428 g/mol. The number of ketones is 1. The van der Waals surface area contributed by atoms with E-state index in [2.05, 4.69) is 37.4 Å². The molecule has 0 aromatic heterocycles. The highest BCUT2D eigenvalue weighted by atomic mass is 16.6. The Hall–Kier alpha value is -3.67. The van der Waals surface area contributed by atoms with Crippen molar-refractivity contribution in [2.45, 2.75) is 32.7 Å². The van der Waals surface area contributed by atoms with Gasteiger partial charge in [-0.1, -0.05) is 50.2 Å². The van der Waals surface area contributed by atoms with Crippen LogP contribution in [-0.2, 0) is 4.79 Å². The molecule has 5 rings (SSSR count). The standard InChI is InChI=1S/C26H24N2O4/c1-26(2)13-18-23-17-7-5-4-6-15(17)8-10-19(23)27-25(24(18)21(29)14-26)16-9-11-22(32-3)20(12-16)28(30)31/h4-12,25,27H,13-14H2,1-3H3/t25-/m0/s1. The first-order valence-electron chi connectivity index (χ1n) is 10.7. The molecule has 3 aromatic carbocycles. The minimum absolute atomic E-state index is 0.0887. The van der Waals surface area contributed by atoms with E-state index >= 15 is 0 Å². The zero-order chi connectivity index (χ0) is 22.6. The Morgan fingerprint density at radius 1 is 1.09 bits per heavy atom. The smallest absolute Gasteiger partial charge is 0.311 e. The molecule has 1 N–H and O–H groups in total. The molecule has 0 bridgehead atoms. The van der Waals surface area contributed by atoms with Gasteiger partial charge in [-0.05, 0) is 45.9 Å². The first-order valence-corrected chi connectivity index (χ1v) is 10.7. The number of nitrogens with zero attached hydrogens (tertiary/aromatic N) is 1. The van der Waals surface area contributed by atoms with Crippen molar-refractivity contribution in [1.82, 2.24) is 0 Å². The summed E-state index contributed by atoms with van der Waals surface area (Å²) in [7, 11) is 1.41. The van der Waals surface area contributed by atoms with Crippen LogP contribution in [0.2, 0.25) is 0 Å². The molecule has 0 fully saturated rings. The first kappa shape index (κ1) is 20.2. The molecule has 1 aliphatic heterocycles. The van der Waals surface area contributed by atoms with Crippen LogP contribution in [-0.4, -0.2) is 17.8 Å². The van der Waals surface area contributed by atoms with Gasteiger partial charge in [0.15, 0.2) is 11.5 Å². The highest BCUT2D eigenvalue weighted by molar-refractivity contribution is 6.12. The molecule has 6 heteroatoms. The Kier molecular flexibility index (Phi) is 4.55. The van der Waals surface area contributed by atoms with Gasteiger partial charge < -0.3 is 10.1 Å². The van der Waals surface area contributed by atoms with Crippen LogP contribution in [0.25, 0.3) is 16.3 Å². The maximum Gasteiger partial charge on any atom is 0.311 e. The second-order valence-corrected chi connectivity index (χ2v) is 9.31. The van der Waals surface area contributed by atoms with E-state index < -0.39 is 11.0 Å². The number of anilines is 1. The minimum atomic E-state index is -0.452. The monoisotopic (exact) mass is 428 g/mol. The van der Waals surface area contributed by atoms with Gasteiger partial charge in [0.1, 0.15) is 0 Å². The van der Waals surface area contributed by atoms with Crippen molar-refractivity contribution in [3.8, 4) is 5.75 Å². The summed E-state index contributed by atoms with van der Waals surface area (Å²) < 4.78 is 5.17. The molecule has 0 unspecified atom stereocenters. The molecule has 3 aromatic rings. The molecule has 32 heavy (non-hydrogen) atoms. The van der Waals surface area contributed by atoms with Crippen LogP contribution in [0.15, 0.2) is 60.2 Å². The zero-order valence-electron chi connectivity index (χ0n) is 18.3. The van der Waals surface area contributed by atoms with Gasteiger partial charge in [0.05, 0.1) is 18.1 Å². The second kappa shape index (κ2) is 7.19. The van der Waals surface area contributed by atoms with Crippen LogP contribution >= 0.6 is 0 Å². The fraction of sp³-hybridized carbons (Fsp3) is 0.269. The van der Waals surface area contributed by atoms with E-state index in [4.69, 9.17) is 4.74 Å². The molecule has 0 spiro atoms. The maximum atomic E-state index is 13.5. The van der Waals surface area contributed by atoms with Crippen molar-refractivity contribution in [2.75, 3.05) is 12.4 Å². The minimum Gasteiger partial charge on any atom is -0.490 e. The number of nitro groups is 1. The number of hydrogen-bond donors (Lipinski definition) is 1. The Bertz CT molecular complexity index is 1320. The molecule has 162 valence electrons. The topological polar surface area (TPSA) is 81.5 Å². The number of methoxy groups -OCH3 is 1. The first-order chi connectivity index (χ1) is 15.3. The lowest BCUT2D eigenvalue weighted by Gasteiger charge is -2.40. The van der Waals surface area contributed by atoms with Crippen LogP contribution in [0.1, 0.15) is 43.9 Å². The summed E-state index contributed by atoms with van der Waals surface area (Å²) in [6.45, 7) is 4.24. The lowest BCUT2D eigenvalue weighted by Crippen LogP contribution is -2.33. The maximum absolute atomic E-state index is 13.5. The quantitative estimate of drug-likeness (QED) is 0.405. The lowest BCUT2D eigenvalue weighted by atomic mass is 9.68. The summed E-state index contributed by atoms with van der Waals surface area (Å²) in [6, 6.07) is 16.7. The van der Waals surface area contributed by atoms with Gasteiger partial charge in [0.2, 0.25) is 0 Å². The number of nitrogens with one attached hydrogen (secondary N) is 1. The molecule has 2 aliphatic rings. The lowest BCUT2D eigenvalue weighted by molar-refractivity contribution is -0.385. The fourth-order valence-corrected chi connectivity index (χ4v) is 5.12. The molecule has 0 amide bonds. The molecule has 0 saturated carbocycles. The van der Waals surface area contributed by atoms with Gasteiger partial charge >= 0.3 is 5.69 Å². The zero-order valence-corrected chi connectivity index (χ0v) is 18.3. The summed E-state index contributed by atoms with van der Waals surface area (Å²) in [5.41, 5.74) is 4.18. The second-order valence-electron chi connectivity index (χ2n) is 9.31. The number of carbonyl (C=O) groups is 1. The Balaban J connectivity index is 1.77. The van der Waals surface area contributed by atoms with Crippen molar-refractivity contribution in [3.05, 3.63) is 81.4 Å². The van der Waals surface area contributed by atoms with Gasteiger partial charge in [-0.15, -0.1) is 0 Å². The Morgan fingerprint density at radius 3 is 2.62 bits per heavy atom. The average Bonchev–Trinajstić information content (AvgIpc) is 2.76. The van der Waals surface area contributed by atoms with Crippen molar-refractivity contribution in [2.24, 2.45) is 5.41 Å². The molecule has 1 heterocycles. The molecule has 6 nitrogen and oxygen atoms in total. The van der Waals surface area contributed by atoms with E-state index in [0.717, 1.165) is 34.0 Å². The number of benzene rings is 3. The Morgan fingerprint density at radius 2 is 1.88 bits per heavy atom. The SMILES string of the molecule is COc1ccc([C@@H]2Nc3ccc4ccccc4c3C3=C2C(=O)CC(C)(C)C3)cc1[N+](=O)[O-]. The van der Waals surface area contributed by atoms with E-state index in [9.17, 15) is 14.9 Å². The third-order valence-electron chi connectivity index (χ3n) is 6.47. The molecule has 1 aliphatic carbocycles. The molecule has 0 saturated heterocycles. The van der Waals surface area contributed by atoms with E-state index in [1.54, 1.807) is 12.1 Å². The highest BCUT2D eigenvalue weighted by Gasteiger charge is 2.41. The van der Waals surface area contributed by atoms with Crippen LogP contribution in [0.3, 0.4) is 0 Å². The number of nitro benzene ring substituents is 1. The Labute approximate surface area is 186 Å². The van der Waals surface area contributed by atoms with Crippen molar-refractivity contribution in [3.63, 3.8) is 0 Å². The summed E-state index contributed by atoms with van der Waals surface area (Å²) in [5, 5.41) is 17.4. The highest BCUT2D eigenvalue weighted by Crippen LogP contribution is 2.52. The van der Waals surface area contributed by atoms with Crippen molar-refractivity contribution >= 4 is 33.5 Å². The van der Waals surface area contributed by atoms with Crippen molar-refractivity contribution in [1.29, 1.82) is 0 Å². The fourth-order valence-electron chi connectivity index (χ4n) is 5.12. The van der Waals surface area contributed by atoms with Gasteiger partial charge in [-0.2, -0.15) is 0 Å². The number of hydrogen-bond acceptors (Lipinski definition) is 5. The van der Waals surface area contributed by atoms with Gasteiger partial charge in [0, 0.05) is 29.3 Å². The van der Waals surface area contributed by atoms with Gasteiger partial charge in [-0.25, -0.2) is 0 Å². The van der Waals surface area contributed by atoms with E-state index in [-0.39, 0.29) is 22.6 Å². The summed E-state index contributed by atoms with van der Waals surface area (Å²) >= 11 is 0. The van der Waals surface area contributed by atoms with Crippen molar-refractivity contribution < 1.29 is 14.5 Å². The number of carbonyl (C=O) groups excluding carboxylic acids is 1. The number of allylic oxidation sites excluding steroid dienone is 1. The van der Waals surface area contributed by atoms with Crippen LogP contribution < -0.4 is 10.1 Å². The van der Waals surface area contributed by atoms with E-state index in [1.165, 1.54) is 13.2 Å². The largest absolute Gasteiger partial charge is 0.490 e. The number of ether oxygens (including phenoxy) is 1. The van der Waals surface area contributed by atoms with Crippen LogP contribution in [0.5, 0.6) is 5.75 Å². The van der Waals surface area contributed by atoms with Crippen LogP contribution in [0.4, 0.5) is 11.4 Å². The number of fused-ring (bicyclic) bond motifs is 4. The molecule has 1 atom stereocenters. The molecule has 0 radical (unpaired) electrons. The molecular formula is C26H24N2O4. The summed E-state index contributed by atoms with van der Waals surface area (Å²) in [4.78, 5) is 24.6. The van der Waals surface area contributed by atoms with Crippen LogP contribution in [0, 0.1) is 15.5 Å². The predicted octanol–water partition coefficient (Wildman–Crippen LogP) is 6.07. The van der Waals surface area contributed by atoms with E-state index in [0.29, 0.717) is 17.6 Å². The summed E-state index contributed by atoms with van der Waals surface area (Å²) in [6.07, 6.45) is 1.22. The third kappa shape index (κ3) is 3.14. The summed E-state index contributed by atoms with van der Waals surface area (Å²) in [5.74, 6) is 0.289. The van der Waals surface area contributed by atoms with E-state index in [1.807, 2.05) is 18.2 Å². The molecular weight excluding hydrogens is 404 g/mol. The number of Topliss-reactive ketones (excluding diaryl/α,β-unsaturated/α-hetero) is 1. The predicted molar refractivity (Wildman–Crippen MR) is 125 cm³/mol.